The molecule has 0 heterocycles. The zero-order valence-electron chi connectivity index (χ0n) is 21.0. The summed E-state index contributed by atoms with van der Waals surface area (Å²) in [6, 6.07) is 0. The fourth-order valence-electron chi connectivity index (χ4n) is 4.55. The molecule has 2 aliphatic rings. The SMILES string of the molecule is CC.CC.CC.CC.CC1=CC[C@H](C)C(C)[C@@H]2C(C)=C[C@@H](C)CC(C)[C@H]12. The van der Waals surface area contributed by atoms with Crippen molar-refractivity contribution >= 4 is 0 Å². The maximum absolute atomic E-state index is 2.56. The normalized spacial score (nSPS) is 32.4. The van der Waals surface area contributed by atoms with Gasteiger partial charge in [0.15, 0.2) is 0 Å². The van der Waals surface area contributed by atoms with E-state index in [1.165, 1.54) is 12.8 Å². The summed E-state index contributed by atoms with van der Waals surface area (Å²) in [5.74, 6) is 4.77. The summed E-state index contributed by atoms with van der Waals surface area (Å²) in [7, 11) is 0. The minimum absolute atomic E-state index is 0.752. The fraction of sp³-hybridized carbons (Fsp3) is 0.846. The lowest BCUT2D eigenvalue weighted by Crippen LogP contribution is -2.29. The summed E-state index contributed by atoms with van der Waals surface area (Å²) in [6.45, 7) is 30.5. The highest BCUT2D eigenvalue weighted by molar-refractivity contribution is 5.21. The monoisotopic (exact) mass is 366 g/mol. The van der Waals surface area contributed by atoms with Crippen LogP contribution in [-0.4, -0.2) is 0 Å². The molecule has 158 valence electrons. The van der Waals surface area contributed by atoms with Gasteiger partial charge in [0.2, 0.25) is 0 Å². The Balaban J connectivity index is -0.000000585. The van der Waals surface area contributed by atoms with Gasteiger partial charge in [0.05, 0.1) is 0 Å². The summed E-state index contributed by atoms with van der Waals surface area (Å²) in [5, 5.41) is 0. The lowest BCUT2D eigenvalue weighted by molar-refractivity contribution is 0.204. The Bertz CT molecular complexity index is 360. The van der Waals surface area contributed by atoms with Gasteiger partial charge in [-0.25, -0.2) is 0 Å². The molecule has 0 radical (unpaired) electrons. The summed E-state index contributed by atoms with van der Waals surface area (Å²) in [5.41, 5.74) is 3.32. The van der Waals surface area contributed by atoms with Crippen LogP contribution in [0.25, 0.3) is 0 Å². The predicted octanol–water partition coefficient (Wildman–Crippen LogP) is 9.57. The molecule has 0 nitrogen and oxygen atoms in total. The van der Waals surface area contributed by atoms with E-state index in [0.717, 1.165) is 35.5 Å². The van der Waals surface area contributed by atoms with Crippen LogP contribution in [0.15, 0.2) is 23.3 Å². The molecule has 2 unspecified atom stereocenters. The van der Waals surface area contributed by atoms with Gasteiger partial charge >= 0.3 is 0 Å². The fourth-order valence-corrected chi connectivity index (χ4v) is 4.55. The van der Waals surface area contributed by atoms with Gasteiger partial charge in [0, 0.05) is 0 Å². The van der Waals surface area contributed by atoms with Gasteiger partial charge in [-0.15, -0.1) is 0 Å². The third-order valence-electron chi connectivity index (χ3n) is 5.62. The van der Waals surface area contributed by atoms with E-state index in [0.29, 0.717) is 0 Å². The average Bonchev–Trinajstić information content (AvgIpc) is 2.86. The van der Waals surface area contributed by atoms with Crippen LogP contribution in [0, 0.1) is 35.5 Å². The summed E-state index contributed by atoms with van der Waals surface area (Å²) >= 11 is 0. The van der Waals surface area contributed by atoms with Gasteiger partial charge in [-0.05, 0) is 62.2 Å². The number of hydrogen-bond acceptors (Lipinski definition) is 0. The minimum Gasteiger partial charge on any atom is -0.0850 e. The van der Waals surface area contributed by atoms with Gasteiger partial charge in [-0.3, -0.25) is 0 Å². The Hall–Kier alpha value is -0.520. The van der Waals surface area contributed by atoms with Crippen LogP contribution in [0.5, 0.6) is 0 Å². The van der Waals surface area contributed by atoms with E-state index >= 15 is 0 Å². The van der Waals surface area contributed by atoms with Gasteiger partial charge < -0.3 is 0 Å². The molecule has 0 aromatic carbocycles. The molecule has 0 bridgehead atoms. The molecule has 0 aliphatic heterocycles. The van der Waals surface area contributed by atoms with E-state index in [-0.39, 0.29) is 0 Å². The smallest absolute Gasteiger partial charge is 0.0109 e. The molecule has 2 aliphatic carbocycles. The zero-order chi connectivity index (χ0) is 21.4. The van der Waals surface area contributed by atoms with Gasteiger partial charge in [0.1, 0.15) is 0 Å². The molecule has 0 N–H and O–H groups in total. The number of hydrogen-bond donors (Lipinski definition) is 0. The van der Waals surface area contributed by atoms with E-state index in [4.69, 9.17) is 0 Å². The molecule has 26 heavy (non-hydrogen) atoms. The zero-order valence-corrected chi connectivity index (χ0v) is 21.0. The van der Waals surface area contributed by atoms with Crippen molar-refractivity contribution in [1.29, 1.82) is 0 Å². The largest absolute Gasteiger partial charge is 0.0850 e. The van der Waals surface area contributed by atoms with Gasteiger partial charge in [0.25, 0.3) is 0 Å². The number of allylic oxidation sites excluding steroid dienone is 4. The first-order valence-electron chi connectivity index (χ1n) is 11.8. The predicted molar refractivity (Wildman–Crippen MR) is 126 cm³/mol. The second-order valence-corrected chi connectivity index (χ2v) is 7.17. The highest BCUT2D eigenvalue weighted by atomic mass is 14.4. The molecule has 0 spiro atoms. The van der Waals surface area contributed by atoms with Gasteiger partial charge in [-0.2, -0.15) is 0 Å². The van der Waals surface area contributed by atoms with Crippen LogP contribution < -0.4 is 0 Å². The van der Waals surface area contributed by atoms with Crippen LogP contribution in [0.2, 0.25) is 0 Å². The van der Waals surface area contributed by atoms with Crippen molar-refractivity contribution in [2.45, 2.75) is 110 Å². The third kappa shape index (κ3) is 8.92. The molecule has 0 saturated carbocycles. The van der Waals surface area contributed by atoms with E-state index in [1.807, 2.05) is 55.4 Å². The first kappa shape index (κ1) is 30.2. The molecule has 2 rings (SSSR count). The third-order valence-corrected chi connectivity index (χ3v) is 5.62. The van der Waals surface area contributed by atoms with Crippen LogP contribution in [0.3, 0.4) is 0 Å². The number of fused-ring (bicyclic) bond motifs is 1. The topological polar surface area (TPSA) is 0 Å². The van der Waals surface area contributed by atoms with Crippen molar-refractivity contribution in [2.24, 2.45) is 35.5 Å². The maximum atomic E-state index is 2.56. The molecule has 0 aromatic rings. The average molecular weight is 367 g/mol. The molecular formula is C26H54. The van der Waals surface area contributed by atoms with Gasteiger partial charge in [-0.1, -0.05) is 106 Å². The molecular weight excluding hydrogens is 312 g/mol. The maximum Gasteiger partial charge on any atom is -0.0109 e. The van der Waals surface area contributed by atoms with Crippen molar-refractivity contribution in [1.82, 2.24) is 0 Å². The van der Waals surface area contributed by atoms with Crippen LogP contribution in [0.1, 0.15) is 110 Å². The first-order chi connectivity index (χ1) is 12.4. The van der Waals surface area contributed by atoms with Crippen LogP contribution >= 0.6 is 0 Å². The van der Waals surface area contributed by atoms with Crippen molar-refractivity contribution in [2.75, 3.05) is 0 Å². The first-order valence-corrected chi connectivity index (χ1v) is 11.8. The van der Waals surface area contributed by atoms with E-state index in [1.54, 1.807) is 11.1 Å². The number of rotatable bonds is 0. The van der Waals surface area contributed by atoms with Crippen molar-refractivity contribution in [3.8, 4) is 0 Å². The molecule has 6 atom stereocenters. The van der Waals surface area contributed by atoms with Crippen LogP contribution in [-0.2, 0) is 0 Å². The van der Waals surface area contributed by atoms with Crippen molar-refractivity contribution in [3.05, 3.63) is 23.3 Å². The lowest BCUT2D eigenvalue weighted by atomic mass is 9.69. The Morgan fingerprint density at radius 2 is 1.12 bits per heavy atom. The minimum atomic E-state index is 0.752. The summed E-state index contributed by atoms with van der Waals surface area (Å²) < 4.78 is 0. The summed E-state index contributed by atoms with van der Waals surface area (Å²) in [6.07, 6.45) is 7.72. The highest BCUT2D eigenvalue weighted by Crippen LogP contribution is 2.47. The Kier molecular flexibility index (Phi) is 20.8. The molecule has 0 fully saturated rings. The second kappa shape index (κ2) is 17.9. The lowest BCUT2D eigenvalue weighted by Gasteiger charge is -2.36. The van der Waals surface area contributed by atoms with E-state index in [2.05, 4.69) is 53.7 Å². The Morgan fingerprint density at radius 3 is 1.58 bits per heavy atom. The van der Waals surface area contributed by atoms with Crippen molar-refractivity contribution in [3.63, 3.8) is 0 Å². The Labute approximate surface area is 168 Å². The highest BCUT2D eigenvalue weighted by Gasteiger charge is 2.38. The molecule has 0 aromatic heterocycles. The molecule has 0 amide bonds. The molecule has 0 heteroatoms. The summed E-state index contributed by atoms with van der Waals surface area (Å²) in [4.78, 5) is 0. The standard InChI is InChI=1S/C18H30.4C2H6/c1-11-9-14(4)17-13(3)8-7-12(2)16(6)18(17)15(5)10-11;4*1-2/h8,10-12,14,16-18H,7,9H2,1-6H3;4*1-2H3/t11-,12-,14?,16?,17-,18-;;;;/m0..../s1. The Morgan fingerprint density at radius 1 is 0.654 bits per heavy atom. The second-order valence-electron chi connectivity index (χ2n) is 7.17. The quantitative estimate of drug-likeness (QED) is 0.374. The van der Waals surface area contributed by atoms with Crippen LogP contribution in [0.4, 0.5) is 0 Å². The van der Waals surface area contributed by atoms with E-state index < -0.39 is 0 Å². The van der Waals surface area contributed by atoms with Crippen molar-refractivity contribution < 1.29 is 0 Å². The van der Waals surface area contributed by atoms with E-state index in [9.17, 15) is 0 Å². The molecule has 0 saturated heterocycles.